The summed E-state index contributed by atoms with van der Waals surface area (Å²) in [6.45, 7) is 6.45. The van der Waals surface area contributed by atoms with Crippen LogP contribution >= 0.6 is 12.4 Å². The molecule has 6 nitrogen and oxygen atoms in total. The van der Waals surface area contributed by atoms with E-state index in [1.165, 1.54) is 31.4 Å². The predicted octanol–water partition coefficient (Wildman–Crippen LogP) is 8.18. The molecule has 0 radical (unpaired) electrons. The number of hydrogen-bond acceptors (Lipinski definition) is 6. The summed E-state index contributed by atoms with van der Waals surface area (Å²) in [7, 11) is 3.38. The van der Waals surface area contributed by atoms with E-state index in [1.807, 2.05) is 57.3 Å². The van der Waals surface area contributed by atoms with Crippen LogP contribution in [-0.2, 0) is 12.6 Å². The highest BCUT2D eigenvalue weighted by atomic mass is 35.5. The molecule has 0 aliphatic carbocycles. The van der Waals surface area contributed by atoms with Crippen LogP contribution in [0.5, 0.6) is 17.2 Å². The third-order valence-corrected chi connectivity index (χ3v) is 6.39. The average molecular weight is 620 g/mol. The quantitative estimate of drug-likeness (QED) is 0.184. The van der Waals surface area contributed by atoms with E-state index in [9.17, 15) is 23.1 Å². The molecule has 0 fully saturated rings. The van der Waals surface area contributed by atoms with Crippen molar-refractivity contribution in [2.75, 3.05) is 20.7 Å². The lowest BCUT2D eigenvalue weighted by atomic mass is 10.0. The predicted molar refractivity (Wildman–Crippen MR) is 166 cm³/mol. The van der Waals surface area contributed by atoms with Gasteiger partial charge in [0, 0.05) is 24.1 Å². The molecule has 0 aliphatic heterocycles. The molecular formula is C33H37ClF3NO5. The number of alkyl halides is 3. The average Bonchev–Trinajstić information content (AvgIpc) is 2.94. The monoisotopic (exact) mass is 619 g/mol. The zero-order valence-corrected chi connectivity index (χ0v) is 25.6. The Morgan fingerprint density at radius 3 is 2.28 bits per heavy atom. The number of phenolic OH excluding ortho intramolecular Hbond substituents is 1. The summed E-state index contributed by atoms with van der Waals surface area (Å²) in [5.74, 6) is 1.33. The number of halogens is 4. The number of rotatable bonds is 9. The van der Waals surface area contributed by atoms with Gasteiger partial charge in [-0.25, -0.2) is 0 Å². The summed E-state index contributed by atoms with van der Waals surface area (Å²) in [5.41, 5.74) is 2.39. The number of hydrogen-bond donors (Lipinski definition) is 2. The number of aromatic hydroxyl groups is 1. The number of ether oxygens (including phenoxy) is 2. The first kappa shape index (κ1) is 35.2. The minimum absolute atomic E-state index is 0. The van der Waals surface area contributed by atoms with Gasteiger partial charge in [-0.1, -0.05) is 42.0 Å². The highest BCUT2D eigenvalue weighted by molar-refractivity contribution is 5.88. The molecule has 43 heavy (non-hydrogen) atoms. The van der Waals surface area contributed by atoms with Crippen LogP contribution in [0.2, 0.25) is 0 Å². The van der Waals surface area contributed by atoms with Crippen LogP contribution in [-0.4, -0.2) is 25.8 Å². The molecule has 1 aromatic heterocycles. The lowest BCUT2D eigenvalue weighted by Crippen LogP contribution is -2.16. The van der Waals surface area contributed by atoms with Crippen molar-refractivity contribution in [3.05, 3.63) is 111 Å². The van der Waals surface area contributed by atoms with Crippen molar-refractivity contribution in [2.24, 2.45) is 0 Å². The molecule has 0 bridgehead atoms. The van der Waals surface area contributed by atoms with Gasteiger partial charge in [0.05, 0.1) is 12.7 Å². The molecule has 232 valence electrons. The maximum Gasteiger partial charge on any atom is 0.416 e. The van der Waals surface area contributed by atoms with Crippen molar-refractivity contribution >= 4 is 23.4 Å². The van der Waals surface area contributed by atoms with Crippen molar-refractivity contribution in [1.29, 1.82) is 0 Å². The lowest BCUT2D eigenvalue weighted by molar-refractivity contribution is -0.137. The minimum Gasteiger partial charge on any atom is -0.507 e. The number of allylic oxidation sites excluding steroid dienone is 2. The Labute approximate surface area is 255 Å². The first-order valence-electron chi connectivity index (χ1n) is 13.4. The minimum atomic E-state index is -4.33. The van der Waals surface area contributed by atoms with Crippen molar-refractivity contribution in [3.63, 3.8) is 0 Å². The Kier molecular flexibility index (Phi) is 13.2. The van der Waals surface area contributed by atoms with E-state index in [-0.39, 0.29) is 35.1 Å². The lowest BCUT2D eigenvalue weighted by Gasteiger charge is -2.20. The molecule has 1 heterocycles. The fraction of sp³-hybridized carbons (Fsp3) is 0.303. The first-order chi connectivity index (χ1) is 19.9. The summed E-state index contributed by atoms with van der Waals surface area (Å²) in [6, 6.07) is 17.3. The van der Waals surface area contributed by atoms with Crippen LogP contribution in [0.4, 0.5) is 13.2 Å². The summed E-state index contributed by atoms with van der Waals surface area (Å²) in [6.07, 6.45) is -1.21. The molecule has 0 saturated carbocycles. The summed E-state index contributed by atoms with van der Waals surface area (Å²) in [4.78, 5) is 12.0. The summed E-state index contributed by atoms with van der Waals surface area (Å²) in [5, 5.41) is 13.3. The van der Waals surface area contributed by atoms with Gasteiger partial charge in [0.25, 0.3) is 0 Å². The molecule has 0 spiro atoms. The number of aryl methyl sites for hydroxylation is 1. The third-order valence-electron chi connectivity index (χ3n) is 6.39. The number of fused-ring (bicyclic) bond motifs is 1. The Bertz CT molecular complexity index is 1550. The Morgan fingerprint density at radius 1 is 1.07 bits per heavy atom. The van der Waals surface area contributed by atoms with Gasteiger partial charge in [0.1, 0.15) is 40.1 Å². The van der Waals surface area contributed by atoms with Crippen LogP contribution < -0.4 is 20.2 Å². The zero-order valence-electron chi connectivity index (χ0n) is 24.7. The highest BCUT2D eigenvalue weighted by Gasteiger charge is 2.30. The number of benzene rings is 3. The number of nitrogens with one attached hydrogen (secondary N) is 1. The maximum atomic E-state index is 12.6. The number of phenols is 1. The van der Waals surface area contributed by atoms with Gasteiger partial charge >= 0.3 is 6.18 Å². The second-order valence-electron chi connectivity index (χ2n) is 9.92. The van der Waals surface area contributed by atoms with Crippen LogP contribution in [0, 0.1) is 6.92 Å². The van der Waals surface area contributed by atoms with E-state index < -0.39 is 11.7 Å². The van der Waals surface area contributed by atoms with Crippen molar-refractivity contribution in [1.82, 2.24) is 5.32 Å². The zero-order chi connectivity index (χ0) is 30.9. The molecule has 0 saturated heterocycles. The molecule has 4 aromatic rings. The van der Waals surface area contributed by atoms with E-state index in [0.29, 0.717) is 29.3 Å². The van der Waals surface area contributed by atoms with Crippen molar-refractivity contribution < 1.29 is 32.2 Å². The normalized spacial score (nSPS) is 11.5. The van der Waals surface area contributed by atoms with Gasteiger partial charge in [-0.2, -0.15) is 13.2 Å². The fourth-order valence-electron chi connectivity index (χ4n) is 4.27. The molecule has 0 aliphatic rings. The molecular weight excluding hydrogens is 583 g/mol. The van der Waals surface area contributed by atoms with Gasteiger partial charge in [0.15, 0.2) is 5.43 Å². The molecule has 1 atom stereocenters. The molecule has 2 N–H and O–H groups in total. The Morgan fingerprint density at radius 2 is 1.72 bits per heavy atom. The SMILES string of the molecule is CNCCC(Oc1ccc(C(F)(F)F)cc1)c1ccccc1.COc1cc(O)c2c(=O)cc(C)oc2c1CC=C(C)C.Cl. The first-order valence-corrected chi connectivity index (χ1v) is 13.4. The van der Waals surface area contributed by atoms with Gasteiger partial charge in [-0.05, 0) is 70.6 Å². The third kappa shape index (κ3) is 9.80. The van der Waals surface area contributed by atoms with E-state index in [0.717, 1.165) is 41.8 Å². The van der Waals surface area contributed by atoms with Crippen molar-refractivity contribution in [2.45, 2.75) is 45.9 Å². The molecule has 4 rings (SSSR count). The van der Waals surface area contributed by atoms with Crippen LogP contribution in [0.1, 0.15) is 48.8 Å². The Hall–Kier alpha value is -3.95. The molecule has 1 unspecified atom stereocenters. The van der Waals surface area contributed by atoms with Gasteiger partial charge in [-0.15, -0.1) is 12.4 Å². The van der Waals surface area contributed by atoms with Crippen molar-refractivity contribution in [3.8, 4) is 17.2 Å². The molecule has 10 heteroatoms. The van der Waals surface area contributed by atoms with Gasteiger partial charge in [0.2, 0.25) is 0 Å². The van der Waals surface area contributed by atoms with Crippen LogP contribution in [0.15, 0.2) is 87.6 Å². The van der Waals surface area contributed by atoms with Gasteiger partial charge < -0.3 is 24.3 Å². The Balaban J connectivity index is 0.000000295. The van der Waals surface area contributed by atoms with Crippen LogP contribution in [0.25, 0.3) is 11.0 Å². The standard InChI is InChI=1S/C17H18F3NO.C16H18O4.ClH/c1-21-12-11-16(13-5-3-2-4-6-13)22-15-9-7-14(8-10-15)17(18,19)20;1-9(2)5-6-11-14(19-4)8-13(18)15-12(17)7-10(3)20-16(11)15;/h2-10,16,21H,11-12H2,1H3;5,7-8,18H,6H2,1-4H3;1H. The van der Waals surface area contributed by atoms with E-state index in [1.54, 1.807) is 6.92 Å². The smallest absolute Gasteiger partial charge is 0.416 e. The van der Waals surface area contributed by atoms with Crippen LogP contribution in [0.3, 0.4) is 0 Å². The van der Waals surface area contributed by atoms with E-state index >= 15 is 0 Å². The molecule has 0 amide bonds. The maximum absolute atomic E-state index is 12.6. The highest BCUT2D eigenvalue weighted by Crippen LogP contribution is 2.35. The summed E-state index contributed by atoms with van der Waals surface area (Å²) < 4.78 is 54.5. The largest absolute Gasteiger partial charge is 0.507 e. The second-order valence-corrected chi connectivity index (χ2v) is 9.92. The van der Waals surface area contributed by atoms with E-state index in [2.05, 4.69) is 5.32 Å². The topological polar surface area (TPSA) is 80.9 Å². The van der Waals surface area contributed by atoms with Gasteiger partial charge in [-0.3, -0.25) is 4.79 Å². The molecule has 3 aromatic carbocycles. The summed E-state index contributed by atoms with van der Waals surface area (Å²) >= 11 is 0. The number of methoxy groups -OCH3 is 1. The van der Waals surface area contributed by atoms with E-state index in [4.69, 9.17) is 13.9 Å². The fourth-order valence-corrected chi connectivity index (χ4v) is 4.27. The second kappa shape index (κ2) is 16.0.